The number of amides is 1. The molecule has 25 heavy (non-hydrogen) atoms. The number of rotatable bonds is 5. The van der Waals surface area contributed by atoms with Crippen LogP contribution in [0.1, 0.15) is 36.5 Å². The fourth-order valence-corrected chi connectivity index (χ4v) is 3.56. The zero-order valence-corrected chi connectivity index (χ0v) is 14.6. The van der Waals surface area contributed by atoms with Crippen molar-refractivity contribution in [2.45, 2.75) is 32.2 Å². The topological polar surface area (TPSA) is 40.6 Å². The van der Waals surface area contributed by atoms with Gasteiger partial charge in [0.15, 0.2) is 6.29 Å². The maximum atomic E-state index is 12.5. The standard InChI is InChI=1S/C21H24N2O2/c1-2-21(25)23(18-9-4-3-5-10-18)19-12-14-22(15-13-19)20-11-7-6-8-17(20)16-24/h3-11,16,19H,2,12-15H2,1H3. The molecular weight excluding hydrogens is 312 g/mol. The Bertz CT molecular complexity index is 722. The van der Waals surface area contributed by atoms with Crippen LogP contribution in [-0.4, -0.2) is 31.3 Å². The van der Waals surface area contributed by atoms with E-state index in [4.69, 9.17) is 0 Å². The highest BCUT2D eigenvalue weighted by molar-refractivity contribution is 5.93. The number of nitrogens with zero attached hydrogens (tertiary/aromatic N) is 2. The molecule has 0 aliphatic carbocycles. The van der Waals surface area contributed by atoms with Gasteiger partial charge in [0.2, 0.25) is 5.91 Å². The number of anilines is 2. The van der Waals surface area contributed by atoms with Crippen LogP contribution < -0.4 is 9.80 Å². The predicted molar refractivity (Wildman–Crippen MR) is 101 cm³/mol. The number of benzene rings is 2. The first-order valence-electron chi connectivity index (χ1n) is 8.91. The van der Waals surface area contributed by atoms with Crippen LogP contribution in [-0.2, 0) is 4.79 Å². The first-order chi connectivity index (χ1) is 12.2. The van der Waals surface area contributed by atoms with Crippen LogP contribution in [0.3, 0.4) is 0 Å². The maximum Gasteiger partial charge on any atom is 0.226 e. The molecule has 130 valence electrons. The van der Waals surface area contributed by atoms with Gasteiger partial charge < -0.3 is 9.80 Å². The summed E-state index contributed by atoms with van der Waals surface area (Å²) in [5, 5.41) is 0. The lowest BCUT2D eigenvalue weighted by molar-refractivity contribution is -0.118. The van der Waals surface area contributed by atoms with E-state index >= 15 is 0 Å². The zero-order chi connectivity index (χ0) is 17.6. The third-order valence-corrected chi connectivity index (χ3v) is 4.84. The summed E-state index contributed by atoms with van der Waals surface area (Å²) in [5.74, 6) is 0.165. The van der Waals surface area contributed by atoms with Gasteiger partial charge in [-0.05, 0) is 37.1 Å². The largest absolute Gasteiger partial charge is 0.371 e. The molecule has 1 aliphatic rings. The van der Waals surface area contributed by atoms with Crippen LogP contribution in [0.2, 0.25) is 0 Å². The third kappa shape index (κ3) is 3.73. The van der Waals surface area contributed by atoms with Crippen LogP contribution in [0.25, 0.3) is 0 Å². The molecule has 0 bridgehead atoms. The molecule has 3 rings (SSSR count). The highest BCUT2D eigenvalue weighted by atomic mass is 16.2. The Morgan fingerprint density at radius 1 is 1.08 bits per heavy atom. The van der Waals surface area contributed by atoms with E-state index in [-0.39, 0.29) is 11.9 Å². The molecular formula is C21H24N2O2. The van der Waals surface area contributed by atoms with Crippen molar-refractivity contribution >= 4 is 23.6 Å². The van der Waals surface area contributed by atoms with Crippen LogP contribution in [0.4, 0.5) is 11.4 Å². The average molecular weight is 336 g/mol. The van der Waals surface area contributed by atoms with E-state index in [1.54, 1.807) is 0 Å². The molecule has 0 radical (unpaired) electrons. The molecule has 1 amide bonds. The van der Waals surface area contributed by atoms with Gasteiger partial charge in [0.1, 0.15) is 0 Å². The van der Waals surface area contributed by atoms with E-state index in [0.717, 1.165) is 49.2 Å². The number of carbonyl (C=O) groups is 2. The van der Waals surface area contributed by atoms with Gasteiger partial charge in [-0.1, -0.05) is 37.3 Å². The first kappa shape index (κ1) is 17.2. The highest BCUT2D eigenvalue weighted by Crippen LogP contribution is 2.28. The second-order valence-electron chi connectivity index (χ2n) is 6.35. The van der Waals surface area contributed by atoms with E-state index in [1.807, 2.05) is 66.4 Å². The van der Waals surface area contributed by atoms with Gasteiger partial charge in [0, 0.05) is 42.5 Å². The van der Waals surface area contributed by atoms with Crippen molar-refractivity contribution in [1.82, 2.24) is 0 Å². The predicted octanol–water partition coefficient (Wildman–Crippen LogP) is 3.91. The number of carbonyl (C=O) groups excluding carboxylic acids is 2. The SMILES string of the molecule is CCC(=O)N(c1ccccc1)C1CCN(c2ccccc2C=O)CC1. The van der Waals surface area contributed by atoms with Crippen molar-refractivity contribution in [1.29, 1.82) is 0 Å². The van der Waals surface area contributed by atoms with Crippen molar-refractivity contribution in [3.8, 4) is 0 Å². The normalized spacial score (nSPS) is 15.0. The minimum Gasteiger partial charge on any atom is -0.371 e. The summed E-state index contributed by atoms with van der Waals surface area (Å²) in [4.78, 5) is 28.0. The van der Waals surface area contributed by atoms with Crippen molar-refractivity contribution < 1.29 is 9.59 Å². The van der Waals surface area contributed by atoms with Crippen molar-refractivity contribution in [2.75, 3.05) is 22.9 Å². The molecule has 0 spiro atoms. The highest BCUT2D eigenvalue weighted by Gasteiger charge is 2.28. The lowest BCUT2D eigenvalue weighted by atomic mass is 10.00. The molecule has 1 heterocycles. The third-order valence-electron chi connectivity index (χ3n) is 4.84. The van der Waals surface area contributed by atoms with Crippen molar-refractivity contribution in [3.05, 3.63) is 60.2 Å². The Morgan fingerprint density at radius 3 is 2.36 bits per heavy atom. The van der Waals surface area contributed by atoms with Crippen LogP contribution >= 0.6 is 0 Å². The van der Waals surface area contributed by atoms with E-state index in [2.05, 4.69) is 4.90 Å². The van der Waals surface area contributed by atoms with Gasteiger partial charge in [-0.25, -0.2) is 0 Å². The second-order valence-corrected chi connectivity index (χ2v) is 6.35. The van der Waals surface area contributed by atoms with Gasteiger partial charge in [0.05, 0.1) is 0 Å². The van der Waals surface area contributed by atoms with Gasteiger partial charge in [0.25, 0.3) is 0 Å². The number of hydrogen-bond donors (Lipinski definition) is 0. The summed E-state index contributed by atoms with van der Waals surface area (Å²) in [6, 6.07) is 17.8. The molecule has 0 saturated carbocycles. The lowest BCUT2D eigenvalue weighted by Gasteiger charge is -2.39. The van der Waals surface area contributed by atoms with Gasteiger partial charge in [-0.15, -0.1) is 0 Å². The van der Waals surface area contributed by atoms with E-state index < -0.39 is 0 Å². The summed E-state index contributed by atoms with van der Waals surface area (Å²) < 4.78 is 0. The number of piperidine rings is 1. The Balaban J connectivity index is 1.75. The fraction of sp³-hybridized carbons (Fsp3) is 0.333. The molecule has 4 heteroatoms. The lowest BCUT2D eigenvalue weighted by Crippen LogP contribution is -2.47. The Labute approximate surface area is 149 Å². The molecule has 0 N–H and O–H groups in total. The fourth-order valence-electron chi connectivity index (χ4n) is 3.56. The number of aldehydes is 1. The molecule has 1 saturated heterocycles. The van der Waals surface area contributed by atoms with Crippen LogP contribution in [0, 0.1) is 0 Å². The summed E-state index contributed by atoms with van der Waals surface area (Å²) in [7, 11) is 0. The molecule has 0 unspecified atom stereocenters. The van der Waals surface area contributed by atoms with Crippen molar-refractivity contribution in [3.63, 3.8) is 0 Å². The zero-order valence-electron chi connectivity index (χ0n) is 14.6. The van der Waals surface area contributed by atoms with E-state index in [1.165, 1.54) is 0 Å². The molecule has 4 nitrogen and oxygen atoms in total. The van der Waals surface area contributed by atoms with Gasteiger partial charge >= 0.3 is 0 Å². The number of hydrogen-bond acceptors (Lipinski definition) is 3. The molecule has 2 aromatic carbocycles. The molecule has 0 atom stereocenters. The summed E-state index contributed by atoms with van der Waals surface area (Å²) in [6.07, 6.45) is 3.21. The van der Waals surface area contributed by atoms with E-state index in [0.29, 0.717) is 6.42 Å². The Hall–Kier alpha value is -2.62. The minimum atomic E-state index is 0.165. The summed E-state index contributed by atoms with van der Waals surface area (Å²) >= 11 is 0. The first-order valence-corrected chi connectivity index (χ1v) is 8.91. The Kier molecular flexibility index (Phi) is 5.49. The molecule has 1 fully saturated rings. The summed E-state index contributed by atoms with van der Waals surface area (Å²) in [5.41, 5.74) is 2.69. The molecule has 0 aromatic heterocycles. The smallest absolute Gasteiger partial charge is 0.226 e. The quantitative estimate of drug-likeness (QED) is 0.777. The summed E-state index contributed by atoms with van der Waals surface area (Å²) in [6.45, 7) is 3.60. The molecule has 1 aliphatic heterocycles. The molecule has 2 aromatic rings. The van der Waals surface area contributed by atoms with Gasteiger partial charge in [-0.2, -0.15) is 0 Å². The maximum absolute atomic E-state index is 12.5. The number of para-hydroxylation sites is 2. The van der Waals surface area contributed by atoms with E-state index in [9.17, 15) is 9.59 Å². The Morgan fingerprint density at radius 2 is 1.72 bits per heavy atom. The minimum absolute atomic E-state index is 0.165. The van der Waals surface area contributed by atoms with Crippen molar-refractivity contribution in [2.24, 2.45) is 0 Å². The second kappa shape index (κ2) is 7.97. The average Bonchev–Trinajstić information content (AvgIpc) is 2.69. The monoisotopic (exact) mass is 336 g/mol. The van der Waals surface area contributed by atoms with Crippen LogP contribution in [0.15, 0.2) is 54.6 Å². The van der Waals surface area contributed by atoms with Gasteiger partial charge in [-0.3, -0.25) is 9.59 Å². The van der Waals surface area contributed by atoms with Crippen LogP contribution in [0.5, 0.6) is 0 Å².